The van der Waals surface area contributed by atoms with Crippen molar-refractivity contribution in [3.63, 3.8) is 0 Å². The zero-order valence-corrected chi connectivity index (χ0v) is 14.0. The molecule has 0 saturated carbocycles. The number of hydrogen-bond donors (Lipinski definition) is 0. The summed E-state index contributed by atoms with van der Waals surface area (Å²) in [6, 6.07) is 15.3. The molecule has 0 bridgehead atoms. The highest BCUT2D eigenvalue weighted by Gasteiger charge is 2.14. The molecule has 0 spiro atoms. The second-order valence-electron chi connectivity index (χ2n) is 5.07. The van der Waals surface area contributed by atoms with Gasteiger partial charge in [0.25, 0.3) is 0 Å². The first-order chi connectivity index (χ1) is 11.6. The summed E-state index contributed by atoms with van der Waals surface area (Å²) in [6.07, 6.45) is 0. The monoisotopic (exact) mass is 342 g/mol. The van der Waals surface area contributed by atoms with Gasteiger partial charge in [0.2, 0.25) is 5.78 Å². The summed E-state index contributed by atoms with van der Waals surface area (Å²) in [4.78, 5) is 14.1. The molecule has 1 heterocycles. The van der Waals surface area contributed by atoms with Gasteiger partial charge in [0.1, 0.15) is 5.75 Å². The third kappa shape index (κ3) is 3.16. The normalized spacial score (nSPS) is 10.5. The van der Waals surface area contributed by atoms with Gasteiger partial charge < -0.3 is 9.47 Å². The van der Waals surface area contributed by atoms with Crippen molar-refractivity contribution < 1.29 is 18.7 Å². The van der Waals surface area contributed by atoms with Crippen LogP contribution < -0.4 is 9.47 Å². The van der Waals surface area contributed by atoms with E-state index in [1.165, 1.54) is 24.5 Å². The van der Waals surface area contributed by atoms with E-state index in [4.69, 9.17) is 9.47 Å². The van der Waals surface area contributed by atoms with E-state index in [2.05, 4.69) is 0 Å². The van der Waals surface area contributed by atoms with Gasteiger partial charge in [-0.25, -0.2) is 4.39 Å². The summed E-state index contributed by atoms with van der Waals surface area (Å²) in [6.45, 7) is 0. The van der Waals surface area contributed by atoms with E-state index in [1.54, 1.807) is 49.6 Å². The summed E-state index contributed by atoms with van der Waals surface area (Å²) >= 11 is 1.36. The fourth-order valence-electron chi connectivity index (χ4n) is 2.33. The number of ether oxygens (including phenoxy) is 2. The van der Waals surface area contributed by atoms with Gasteiger partial charge in [-0.1, -0.05) is 18.2 Å². The van der Waals surface area contributed by atoms with Crippen LogP contribution in [0.2, 0.25) is 0 Å². The van der Waals surface area contributed by atoms with Crippen molar-refractivity contribution in [2.24, 2.45) is 0 Å². The molecule has 24 heavy (non-hydrogen) atoms. The molecule has 0 amide bonds. The molecule has 0 saturated heterocycles. The Hall–Kier alpha value is -2.66. The van der Waals surface area contributed by atoms with Crippen LogP contribution in [0.3, 0.4) is 0 Å². The quantitative estimate of drug-likeness (QED) is 0.625. The number of benzene rings is 2. The number of ketones is 1. The van der Waals surface area contributed by atoms with Crippen molar-refractivity contribution in [1.29, 1.82) is 0 Å². The first kappa shape index (κ1) is 16.2. The number of carbonyl (C=O) groups is 1. The molecule has 3 aromatic rings. The second-order valence-corrected chi connectivity index (χ2v) is 6.16. The van der Waals surface area contributed by atoms with Gasteiger partial charge in [0.15, 0.2) is 11.6 Å². The lowest BCUT2D eigenvalue weighted by Crippen LogP contribution is -1.98. The van der Waals surface area contributed by atoms with Gasteiger partial charge in [-0.2, -0.15) is 0 Å². The maximum atomic E-state index is 13.5. The Labute approximate surface area is 143 Å². The molecule has 0 radical (unpaired) electrons. The Morgan fingerprint density at radius 3 is 2.58 bits per heavy atom. The van der Waals surface area contributed by atoms with Crippen LogP contribution >= 0.6 is 11.3 Å². The third-order valence-electron chi connectivity index (χ3n) is 3.60. The molecule has 2 aromatic carbocycles. The van der Waals surface area contributed by atoms with Crippen molar-refractivity contribution in [2.45, 2.75) is 0 Å². The van der Waals surface area contributed by atoms with Crippen molar-refractivity contribution >= 4 is 17.1 Å². The highest BCUT2D eigenvalue weighted by molar-refractivity contribution is 7.17. The van der Waals surface area contributed by atoms with E-state index in [0.717, 1.165) is 10.4 Å². The van der Waals surface area contributed by atoms with Crippen LogP contribution in [0.15, 0.2) is 54.6 Å². The minimum Gasteiger partial charge on any atom is -0.497 e. The van der Waals surface area contributed by atoms with Gasteiger partial charge in [-0.15, -0.1) is 11.3 Å². The lowest BCUT2D eigenvalue weighted by atomic mass is 10.1. The number of halogens is 1. The molecule has 0 aliphatic rings. The maximum absolute atomic E-state index is 13.5. The summed E-state index contributed by atoms with van der Waals surface area (Å²) in [5.41, 5.74) is 1.38. The van der Waals surface area contributed by atoms with E-state index in [9.17, 15) is 9.18 Å². The highest BCUT2D eigenvalue weighted by Crippen LogP contribution is 2.32. The molecule has 3 rings (SSSR count). The number of rotatable bonds is 5. The van der Waals surface area contributed by atoms with E-state index in [-0.39, 0.29) is 11.5 Å². The Bertz CT molecular complexity index is 886. The minimum atomic E-state index is -0.412. The van der Waals surface area contributed by atoms with E-state index in [0.29, 0.717) is 16.2 Å². The molecule has 0 aliphatic heterocycles. The molecule has 5 heteroatoms. The molecular formula is C19H15FO3S. The first-order valence-corrected chi connectivity index (χ1v) is 8.06. The van der Waals surface area contributed by atoms with Crippen LogP contribution in [0, 0.1) is 5.82 Å². The Morgan fingerprint density at radius 2 is 1.83 bits per heavy atom. The largest absolute Gasteiger partial charge is 0.497 e. The Morgan fingerprint density at radius 1 is 1.00 bits per heavy atom. The third-order valence-corrected chi connectivity index (χ3v) is 4.73. The van der Waals surface area contributed by atoms with Gasteiger partial charge in [0, 0.05) is 10.4 Å². The zero-order valence-electron chi connectivity index (χ0n) is 13.2. The van der Waals surface area contributed by atoms with Crippen LogP contribution in [-0.4, -0.2) is 20.0 Å². The minimum absolute atomic E-state index is 0.0702. The number of methoxy groups -OCH3 is 2. The SMILES string of the molecule is COc1cccc(C(=O)c2ccc(-c3ccc(F)c(OC)c3)s2)c1. The van der Waals surface area contributed by atoms with E-state index >= 15 is 0 Å². The molecular weight excluding hydrogens is 327 g/mol. The fraction of sp³-hybridized carbons (Fsp3) is 0.105. The summed E-state index contributed by atoms with van der Waals surface area (Å²) in [5, 5.41) is 0. The molecule has 3 nitrogen and oxygen atoms in total. The average molecular weight is 342 g/mol. The van der Waals surface area contributed by atoms with Crippen molar-refractivity contribution in [1.82, 2.24) is 0 Å². The number of thiophene rings is 1. The van der Waals surface area contributed by atoms with Gasteiger partial charge in [-0.05, 0) is 42.0 Å². The van der Waals surface area contributed by atoms with Crippen LogP contribution in [0.1, 0.15) is 15.2 Å². The standard InChI is InChI=1S/C19H15FO3S/c1-22-14-5-3-4-13(10-14)19(21)18-9-8-17(24-18)12-6-7-15(20)16(11-12)23-2/h3-11H,1-2H3. The van der Waals surface area contributed by atoms with Gasteiger partial charge in [0.05, 0.1) is 19.1 Å². The van der Waals surface area contributed by atoms with Crippen LogP contribution in [-0.2, 0) is 0 Å². The summed E-state index contributed by atoms with van der Waals surface area (Å²) in [7, 11) is 2.99. The molecule has 1 aromatic heterocycles. The average Bonchev–Trinajstić information content (AvgIpc) is 3.11. The Balaban J connectivity index is 1.91. The smallest absolute Gasteiger partial charge is 0.203 e. The molecule has 0 fully saturated rings. The Kier molecular flexibility index (Phi) is 4.62. The first-order valence-electron chi connectivity index (χ1n) is 7.25. The predicted octanol–water partition coefficient (Wildman–Crippen LogP) is 4.80. The fourth-order valence-corrected chi connectivity index (χ4v) is 3.30. The second kappa shape index (κ2) is 6.84. The number of hydrogen-bond acceptors (Lipinski definition) is 4. The topological polar surface area (TPSA) is 35.5 Å². The maximum Gasteiger partial charge on any atom is 0.203 e. The molecule has 0 N–H and O–H groups in total. The van der Waals surface area contributed by atoms with E-state index < -0.39 is 5.82 Å². The van der Waals surface area contributed by atoms with Crippen LogP contribution in [0.5, 0.6) is 11.5 Å². The van der Waals surface area contributed by atoms with Crippen molar-refractivity contribution in [2.75, 3.05) is 14.2 Å². The zero-order chi connectivity index (χ0) is 17.1. The van der Waals surface area contributed by atoms with Crippen LogP contribution in [0.25, 0.3) is 10.4 Å². The highest BCUT2D eigenvalue weighted by atomic mass is 32.1. The molecule has 0 unspecified atom stereocenters. The predicted molar refractivity (Wildman–Crippen MR) is 92.7 cm³/mol. The lowest BCUT2D eigenvalue weighted by molar-refractivity contribution is 0.104. The lowest BCUT2D eigenvalue weighted by Gasteiger charge is -2.04. The van der Waals surface area contributed by atoms with Crippen LogP contribution in [0.4, 0.5) is 4.39 Å². The molecule has 0 atom stereocenters. The summed E-state index contributed by atoms with van der Waals surface area (Å²) < 4.78 is 23.7. The van der Waals surface area contributed by atoms with Gasteiger partial charge >= 0.3 is 0 Å². The number of carbonyl (C=O) groups excluding carboxylic acids is 1. The van der Waals surface area contributed by atoms with Crippen molar-refractivity contribution in [3.05, 3.63) is 70.9 Å². The molecule has 0 aliphatic carbocycles. The van der Waals surface area contributed by atoms with Crippen molar-refractivity contribution in [3.8, 4) is 21.9 Å². The summed E-state index contributed by atoms with van der Waals surface area (Å²) in [5.74, 6) is 0.340. The van der Waals surface area contributed by atoms with Gasteiger partial charge in [-0.3, -0.25) is 4.79 Å². The van der Waals surface area contributed by atoms with E-state index in [1.807, 2.05) is 6.07 Å². The molecule has 122 valence electrons.